The maximum absolute atomic E-state index is 11.7. The van der Waals surface area contributed by atoms with Crippen molar-refractivity contribution >= 4 is 15.8 Å². The Morgan fingerprint density at radius 1 is 1.03 bits per heavy atom. The van der Waals surface area contributed by atoms with E-state index in [2.05, 4.69) is 53.7 Å². The third-order valence-electron chi connectivity index (χ3n) is 4.90. The van der Waals surface area contributed by atoms with E-state index in [4.69, 9.17) is 0 Å². The van der Waals surface area contributed by atoms with Crippen molar-refractivity contribution in [2.75, 3.05) is 19.8 Å². The molecule has 6 heteroatoms. The molecule has 0 saturated carbocycles. The normalized spacial score (nSPS) is 12.3. The molecule has 0 aliphatic carbocycles. The van der Waals surface area contributed by atoms with Crippen LogP contribution >= 0.6 is 0 Å². The molecule has 0 spiro atoms. The van der Waals surface area contributed by atoms with Crippen molar-refractivity contribution in [1.82, 2.24) is 10.6 Å². The molecular formula is C23H33N3O2S. The number of hydrogen-bond donors (Lipinski definition) is 2. The highest BCUT2D eigenvalue weighted by Gasteiger charge is 2.11. The van der Waals surface area contributed by atoms with Gasteiger partial charge in [-0.25, -0.2) is 8.42 Å². The number of rotatable bonds is 8. The fourth-order valence-corrected chi connectivity index (χ4v) is 4.17. The molecule has 0 fully saturated rings. The highest BCUT2D eigenvalue weighted by molar-refractivity contribution is 7.90. The van der Waals surface area contributed by atoms with Crippen LogP contribution in [0, 0.1) is 6.92 Å². The Labute approximate surface area is 175 Å². The molecular weight excluding hydrogens is 382 g/mol. The van der Waals surface area contributed by atoms with Gasteiger partial charge in [0.1, 0.15) is 0 Å². The number of aliphatic imine (C=N–C) groups is 1. The lowest BCUT2D eigenvalue weighted by atomic mass is 10.0. The van der Waals surface area contributed by atoms with Crippen molar-refractivity contribution < 1.29 is 8.42 Å². The van der Waals surface area contributed by atoms with E-state index in [1.807, 2.05) is 19.1 Å². The van der Waals surface area contributed by atoms with Gasteiger partial charge in [0.25, 0.3) is 0 Å². The minimum Gasteiger partial charge on any atom is -0.356 e. The lowest BCUT2D eigenvalue weighted by Gasteiger charge is -2.13. The summed E-state index contributed by atoms with van der Waals surface area (Å²) in [6, 6.07) is 14.3. The zero-order chi connectivity index (χ0) is 21.4. The molecule has 2 aromatic rings. The van der Waals surface area contributed by atoms with E-state index >= 15 is 0 Å². The van der Waals surface area contributed by atoms with E-state index in [0.29, 0.717) is 17.4 Å². The zero-order valence-corrected chi connectivity index (χ0v) is 18.9. The summed E-state index contributed by atoms with van der Waals surface area (Å²) in [5.74, 6) is 1.30. The highest BCUT2D eigenvalue weighted by atomic mass is 32.2. The van der Waals surface area contributed by atoms with E-state index in [0.717, 1.165) is 36.5 Å². The number of guanidine groups is 1. The van der Waals surface area contributed by atoms with Crippen LogP contribution in [0.25, 0.3) is 0 Å². The Kier molecular flexibility index (Phi) is 8.26. The topological polar surface area (TPSA) is 70.6 Å². The molecule has 0 saturated heterocycles. The van der Waals surface area contributed by atoms with Gasteiger partial charge in [-0.15, -0.1) is 0 Å². The SMILES string of the molecule is CN=C(NCCCc1ccc(C(C)C)cc1)NCc1ccc(S(C)(=O)=O)c(C)c1. The molecule has 0 heterocycles. The Bertz CT molecular complexity index is 933. The summed E-state index contributed by atoms with van der Waals surface area (Å²) < 4.78 is 23.5. The fraction of sp³-hybridized carbons (Fsp3) is 0.435. The standard InChI is InChI=1S/C23H33N3O2S/c1-17(2)21-11-8-19(9-12-21)7-6-14-25-23(24-4)26-16-20-10-13-22(18(3)15-20)29(5,27)28/h8-13,15,17H,6-7,14,16H2,1-5H3,(H2,24,25,26). The monoisotopic (exact) mass is 415 g/mol. The number of nitrogens with zero attached hydrogens (tertiary/aromatic N) is 1. The summed E-state index contributed by atoms with van der Waals surface area (Å²) in [5.41, 5.74) is 4.50. The second-order valence-electron chi connectivity index (χ2n) is 7.72. The first-order chi connectivity index (χ1) is 13.7. The van der Waals surface area contributed by atoms with Gasteiger partial charge in [-0.2, -0.15) is 0 Å². The Morgan fingerprint density at radius 3 is 2.24 bits per heavy atom. The van der Waals surface area contributed by atoms with Crippen LogP contribution in [0.1, 0.15) is 48.4 Å². The van der Waals surface area contributed by atoms with Crippen LogP contribution in [0.3, 0.4) is 0 Å². The summed E-state index contributed by atoms with van der Waals surface area (Å²) in [4.78, 5) is 4.64. The van der Waals surface area contributed by atoms with E-state index in [-0.39, 0.29) is 0 Å². The van der Waals surface area contributed by atoms with Crippen molar-refractivity contribution in [3.8, 4) is 0 Å². The van der Waals surface area contributed by atoms with Crippen LogP contribution in [-0.4, -0.2) is 34.2 Å². The summed E-state index contributed by atoms with van der Waals surface area (Å²) in [6.07, 6.45) is 3.27. The molecule has 0 amide bonds. The molecule has 0 aromatic heterocycles. The molecule has 2 N–H and O–H groups in total. The maximum Gasteiger partial charge on any atom is 0.191 e. The molecule has 0 bridgehead atoms. The Morgan fingerprint density at radius 2 is 1.69 bits per heavy atom. The molecule has 2 rings (SSSR count). The second kappa shape index (κ2) is 10.4. The molecule has 0 aliphatic heterocycles. The molecule has 2 aromatic carbocycles. The average Bonchev–Trinajstić information content (AvgIpc) is 2.66. The minimum absolute atomic E-state index is 0.380. The molecule has 29 heavy (non-hydrogen) atoms. The van der Waals surface area contributed by atoms with Crippen molar-refractivity contribution in [3.63, 3.8) is 0 Å². The third-order valence-corrected chi connectivity index (χ3v) is 6.16. The predicted octanol–water partition coefficient (Wildman–Crippen LogP) is 3.82. The number of nitrogens with one attached hydrogen (secondary N) is 2. The van der Waals surface area contributed by atoms with E-state index in [1.54, 1.807) is 13.1 Å². The lowest BCUT2D eigenvalue weighted by molar-refractivity contribution is 0.601. The summed E-state index contributed by atoms with van der Waals surface area (Å²) in [5, 5.41) is 6.61. The van der Waals surface area contributed by atoms with Gasteiger partial charge in [-0.1, -0.05) is 50.2 Å². The second-order valence-corrected chi connectivity index (χ2v) is 9.71. The number of benzene rings is 2. The van der Waals surface area contributed by atoms with Gasteiger partial charge in [0.05, 0.1) is 4.90 Å². The van der Waals surface area contributed by atoms with Crippen molar-refractivity contribution in [1.29, 1.82) is 0 Å². The van der Waals surface area contributed by atoms with Crippen molar-refractivity contribution in [2.45, 2.75) is 51.0 Å². The minimum atomic E-state index is -3.19. The largest absolute Gasteiger partial charge is 0.356 e. The molecule has 0 radical (unpaired) electrons. The van der Waals surface area contributed by atoms with Gasteiger partial charge >= 0.3 is 0 Å². The molecule has 5 nitrogen and oxygen atoms in total. The maximum atomic E-state index is 11.7. The molecule has 158 valence electrons. The van der Waals surface area contributed by atoms with Crippen LogP contribution in [0.4, 0.5) is 0 Å². The van der Waals surface area contributed by atoms with E-state index < -0.39 is 9.84 Å². The average molecular weight is 416 g/mol. The van der Waals surface area contributed by atoms with Crippen LogP contribution < -0.4 is 10.6 Å². The number of sulfone groups is 1. The first-order valence-corrected chi connectivity index (χ1v) is 11.9. The summed E-state index contributed by atoms with van der Waals surface area (Å²) in [7, 11) is -1.44. The molecule has 0 aliphatic rings. The van der Waals surface area contributed by atoms with Gasteiger partial charge in [0.2, 0.25) is 0 Å². The Balaban J connectivity index is 1.79. The van der Waals surface area contributed by atoms with Gasteiger partial charge in [-0.05, 0) is 54.0 Å². The first kappa shape index (κ1) is 22.9. The molecule has 0 atom stereocenters. The zero-order valence-electron chi connectivity index (χ0n) is 18.1. The number of hydrogen-bond acceptors (Lipinski definition) is 3. The molecule has 0 unspecified atom stereocenters. The fourth-order valence-electron chi connectivity index (χ4n) is 3.21. The van der Waals surface area contributed by atoms with Crippen LogP contribution in [0.15, 0.2) is 52.4 Å². The number of aryl methyl sites for hydroxylation is 2. The van der Waals surface area contributed by atoms with Gasteiger partial charge in [0, 0.05) is 26.4 Å². The van der Waals surface area contributed by atoms with Gasteiger partial charge in [0.15, 0.2) is 15.8 Å². The van der Waals surface area contributed by atoms with Crippen LogP contribution in [-0.2, 0) is 22.8 Å². The first-order valence-electron chi connectivity index (χ1n) is 10.0. The van der Waals surface area contributed by atoms with Crippen LogP contribution in [0.2, 0.25) is 0 Å². The van der Waals surface area contributed by atoms with Gasteiger partial charge in [-0.3, -0.25) is 4.99 Å². The Hall–Kier alpha value is -2.34. The predicted molar refractivity (Wildman–Crippen MR) is 121 cm³/mol. The van der Waals surface area contributed by atoms with E-state index in [9.17, 15) is 8.42 Å². The van der Waals surface area contributed by atoms with Crippen LogP contribution in [0.5, 0.6) is 0 Å². The smallest absolute Gasteiger partial charge is 0.191 e. The lowest BCUT2D eigenvalue weighted by Crippen LogP contribution is -2.37. The van der Waals surface area contributed by atoms with Gasteiger partial charge < -0.3 is 10.6 Å². The van der Waals surface area contributed by atoms with Crippen molar-refractivity contribution in [3.05, 3.63) is 64.7 Å². The summed E-state index contributed by atoms with van der Waals surface area (Å²) in [6.45, 7) is 7.65. The quantitative estimate of drug-likeness (QED) is 0.391. The summed E-state index contributed by atoms with van der Waals surface area (Å²) >= 11 is 0. The third kappa shape index (κ3) is 7.20. The van der Waals surface area contributed by atoms with Crippen molar-refractivity contribution in [2.24, 2.45) is 4.99 Å². The van der Waals surface area contributed by atoms with E-state index in [1.165, 1.54) is 17.4 Å². The highest BCUT2D eigenvalue weighted by Crippen LogP contribution is 2.17.